The Hall–Kier alpha value is -12.8. The number of amides is 5. The van der Waals surface area contributed by atoms with Crippen molar-refractivity contribution in [3.63, 3.8) is 0 Å². The summed E-state index contributed by atoms with van der Waals surface area (Å²) < 4.78 is 36.8. The molecule has 0 unspecified atom stereocenters. The van der Waals surface area contributed by atoms with Crippen molar-refractivity contribution in [1.29, 1.82) is 0 Å². The molecule has 0 saturated carbocycles. The highest BCUT2D eigenvalue weighted by Crippen LogP contribution is 2.39. The molecule has 12 aromatic rings. The lowest BCUT2D eigenvalue weighted by molar-refractivity contribution is -0.148. The minimum absolute atomic E-state index is 0.0231. The maximum atomic E-state index is 14.4. The Morgan fingerprint density at radius 3 is 1.31 bits per heavy atom. The zero-order valence-electron chi connectivity index (χ0n) is 78.5. The molecule has 0 radical (unpaired) electrons. The summed E-state index contributed by atoms with van der Waals surface area (Å²) in [6, 6.07) is 37.0. The predicted octanol–water partition coefficient (Wildman–Crippen LogP) is 16.6. The van der Waals surface area contributed by atoms with Gasteiger partial charge in [-0.3, -0.25) is 33.6 Å². The van der Waals surface area contributed by atoms with Crippen LogP contribution < -0.4 is 31.5 Å². The Kier molecular flexibility index (Phi) is 33.6. The van der Waals surface area contributed by atoms with E-state index < -0.39 is 76.9 Å². The number of aromatic nitrogens is 8. The van der Waals surface area contributed by atoms with Crippen molar-refractivity contribution in [2.45, 2.75) is 211 Å². The lowest BCUT2D eigenvalue weighted by Gasteiger charge is -2.35. The van der Waals surface area contributed by atoms with Crippen LogP contribution in [0, 0.1) is 52.4 Å². The molecule has 2 fully saturated rings. The third kappa shape index (κ3) is 25.9. The van der Waals surface area contributed by atoms with Crippen LogP contribution in [0.15, 0.2) is 179 Å². The van der Waals surface area contributed by atoms with Crippen LogP contribution in [-0.4, -0.2) is 191 Å². The molecular weight excluding hydrogens is 1730 g/mol. The summed E-state index contributed by atoms with van der Waals surface area (Å²) in [6.07, 6.45) is 15.2. The molecule has 14 rings (SSSR count). The summed E-state index contributed by atoms with van der Waals surface area (Å²) in [5, 5.41) is 27.9. The van der Waals surface area contributed by atoms with Crippen LogP contribution in [0.25, 0.3) is 54.2 Å². The highest BCUT2D eigenvalue weighted by molar-refractivity contribution is 7.13. The molecule has 8 heterocycles. The summed E-state index contributed by atoms with van der Waals surface area (Å²) in [4.78, 5) is 129. The van der Waals surface area contributed by atoms with Crippen molar-refractivity contribution in [2.75, 3.05) is 62.4 Å². The summed E-state index contributed by atoms with van der Waals surface area (Å²) in [5.41, 5.74) is 26.4. The van der Waals surface area contributed by atoms with Gasteiger partial charge in [0.05, 0.1) is 87.4 Å². The minimum atomic E-state index is -0.982. The molecule has 704 valence electrons. The van der Waals surface area contributed by atoms with Gasteiger partial charge in [-0.1, -0.05) is 100 Å². The lowest BCUT2D eigenvalue weighted by atomic mass is 9.85. The van der Waals surface area contributed by atoms with Crippen molar-refractivity contribution in [3.05, 3.63) is 215 Å². The van der Waals surface area contributed by atoms with Crippen LogP contribution in [0.3, 0.4) is 0 Å². The van der Waals surface area contributed by atoms with E-state index in [1.807, 2.05) is 176 Å². The Labute approximate surface area is 783 Å². The largest absolute Gasteiger partial charge is 0.480 e. The standard InChI is InChI=1S/C50H60N8O7S.C25H34N4O4S.C25H28N4O4/c1-31-24-44-41(33(3)55-65-44)26-42(31)57(39-18-16-38(17-19-39)56-22-20-51-29-56)21-10-9-11-23-63-28-45(60)54-47(50(6,7)8)49(62)58-27-40(64-35(5)59)25-43(58)48(61)53-32(2)36-12-14-37(15-13-36)46-34(4)52-30-66-46;1-14(17-7-9-18(10-8-17)21-15(2)27-13-34-21)28-23(31)20-11-19(33-16(3)30)12-29(20)24(32)22(26)25(4,5)6;1-18-14-24-22(19(2)27-33-24)15-23(18)29(11-4-3-5-13-32-16-25(30)31)21-8-6-20(7-9-21)28-12-10-26-17-28/h12-20,22,24,26,29-30,32,40,43,47H,9-11,21,23,25,27-28H2,1-8H3,(H,53,61)(H,54,60);7-10,13-14,19-20,22H,11-12,26H2,1-6H3,(H,28,31);6-10,12,14-15,17H,3-5,11,13,16H2,1-2H3,(H,30,31)/t32-,40+,43-,47+;14-,19+,20-,22+;/m00./s1. The number of carboxylic acid groups (broad SMARTS) is 1. The van der Waals surface area contributed by atoms with E-state index in [2.05, 4.69) is 131 Å². The number of nitrogens with zero attached hydrogens (tertiary/aromatic N) is 12. The first-order valence-corrected chi connectivity index (χ1v) is 46.7. The number of fused-ring (bicyclic) bond motifs is 2. The summed E-state index contributed by atoms with van der Waals surface area (Å²) in [5.74, 6) is -3.73. The number of carbonyl (C=O) groups excluding carboxylic acids is 7. The molecule has 2 aliphatic rings. The monoisotopic (exact) mass is 1850 g/mol. The topological polar surface area (TPSA) is 382 Å². The average Bonchev–Trinajstić information content (AvgIpc) is 1.72. The quantitative estimate of drug-likeness (QED) is 0.0182. The Balaban J connectivity index is 0.000000199. The maximum absolute atomic E-state index is 14.4. The number of nitrogens with two attached hydrogens (primary N) is 1. The van der Waals surface area contributed by atoms with Gasteiger partial charge in [0, 0.05) is 123 Å². The van der Waals surface area contributed by atoms with Gasteiger partial charge in [0.25, 0.3) is 0 Å². The predicted molar refractivity (Wildman–Crippen MR) is 513 cm³/mol. The van der Waals surface area contributed by atoms with Gasteiger partial charge in [0.2, 0.25) is 29.5 Å². The van der Waals surface area contributed by atoms with Gasteiger partial charge in [-0.15, -0.1) is 22.7 Å². The molecule has 33 heteroatoms. The van der Waals surface area contributed by atoms with Gasteiger partial charge in [-0.25, -0.2) is 24.7 Å². The number of aryl methyl sites for hydroxylation is 6. The smallest absolute Gasteiger partial charge is 0.329 e. The molecular formula is C100H122N16O15S2. The molecule has 0 aliphatic carbocycles. The first-order valence-electron chi connectivity index (χ1n) is 44.9. The van der Waals surface area contributed by atoms with Crippen LogP contribution in [0.5, 0.6) is 0 Å². The van der Waals surface area contributed by atoms with E-state index in [0.29, 0.717) is 13.2 Å². The molecule has 0 spiro atoms. The number of thiazole rings is 2. The molecule has 5 amide bonds. The van der Waals surface area contributed by atoms with Crippen molar-refractivity contribution in [3.8, 4) is 32.3 Å². The molecule has 133 heavy (non-hydrogen) atoms. The van der Waals surface area contributed by atoms with Crippen molar-refractivity contribution in [2.24, 2.45) is 16.6 Å². The number of hydrogen-bond acceptors (Lipinski definition) is 25. The lowest BCUT2D eigenvalue weighted by Crippen LogP contribution is -2.58. The third-order valence-corrected chi connectivity index (χ3v) is 25.7. The van der Waals surface area contributed by atoms with Crippen LogP contribution in [0.4, 0.5) is 22.7 Å². The van der Waals surface area contributed by atoms with Crippen LogP contribution in [0.1, 0.15) is 178 Å². The highest BCUT2D eigenvalue weighted by atomic mass is 32.1. The zero-order valence-corrected chi connectivity index (χ0v) is 80.2. The molecule has 31 nitrogen and oxygen atoms in total. The van der Waals surface area contributed by atoms with Crippen LogP contribution in [-0.2, 0) is 57.3 Å². The zero-order chi connectivity index (χ0) is 95.5. The van der Waals surface area contributed by atoms with Gasteiger partial charge in [0.1, 0.15) is 43.5 Å². The van der Waals surface area contributed by atoms with E-state index in [1.165, 1.54) is 23.6 Å². The number of ether oxygens (including phenoxy) is 4. The fourth-order valence-corrected chi connectivity index (χ4v) is 18.0. The number of carbonyl (C=O) groups is 8. The Morgan fingerprint density at radius 2 is 0.940 bits per heavy atom. The number of aliphatic carboxylic acids is 1. The van der Waals surface area contributed by atoms with E-state index in [0.717, 1.165) is 174 Å². The number of imidazole rings is 2. The van der Waals surface area contributed by atoms with E-state index in [1.54, 1.807) is 47.7 Å². The van der Waals surface area contributed by atoms with E-state index in [4.69, 9.17) is 38.8 Å². The number of anilines is 4. The molecule has 6 aromatic carbocycles. The van der Waals surface area contributed by atoms with Gasteiger partial charge in [-0.2, -0.15) is 0 Å². The van der Waals surface area contributed by atoms with Crippen LogP contribution >= 0.6 is 22.7 Å². The van der Waals surface area contributed by atoms with Crippen molar-refractivity contribution < 1.29 is 71.5 Å². The minimum Gasteiger partial charge on any atom is -0.480 e. The van der Waals surface area contributed by atoms with E-state index in [9.17, 15) is 38.4 Å². The van der Waals surface area contributed by atoms with Gasteiger partial charge < -0.3 is 83.5 Å². The molecule has 0 bridgehead atoms. The summed E-state index contributed by atoms with van der Waals surface area (Å²) in [7, 11) is 0. The fraction of sp³-hybridized carbons (Fsp3) is 0.420. The molecule has 2 saturated heterocycles. The number of esters is 2. The van der Waals surface area contributed by atoms with Gasteiger partial charge >= 0.3 is 17.9 Å². The SMILES string of the molecule is CC(=O)O[C@@H]1C[C@@H](C(=O)N[C@@H](C)c2ccc(-c3scnc3C)cc2)N(C(=O)[C@@H](N)C(C)(C)C)C1.CC(=O)O[C@@H]1C[C@@H](C(=O)N[C@@H](C)c2ccc(-c3scnc3C)cc2)N(C(=O)[C@@H](NC(=O)COCCCCCN(c2ccc(-n3ccnc3)cc2)c2cc3c(C)noc3cc2C)C(C)(C)C)C1.Cc1cc2onc(C)c2cc1N(CCCCCOCC(=O)O)c1ccc(-n2ccnc2)cc1. The Morgan fingerprint density at radius 1 is 0.526 bits per heavy atom. The number of nitrogens with one attached hydrogen (secondary N) is 3. The molecule has 6 N–H and O–H groups in total. The summed E-state index contributed by atoms with van der Waals surface area (Å²) in [6.45, 7) is 31.7. The number of carboxylic acids is 1. The highest BCUT2D eigenvalue weighted by Gasteiger charge is 2.48. The van der Waals surface area contributed by atoms with Crippen LogP contribution in [0.2, 0.25) is 0 Å². The van der Waals surface area contributed by atoms with Gasteiger partial charge in [-0.05, 0) is 211 Å². The molecule has 8 atom stereocenters. The third-order valence-electron chi connectivity index (χ3n) is 23.8. The molecule has 6 aromatic heterocycles. The number of likely N-dealkylation sites (tertiary alicyclic amines) is 2. The second-order valence-corrected chi connectivity index (χ2v) is 37.8. The number of benzene rings is 6. The first kappa shape index (κ1) is 99.2. The second-order valence-electron chi connectivity index (χ2n) is 36.1. The first-order chi connectivity index (χ1) is 63.5. The second kappa shape index (κ2) is 45.1. The van der Waals surface area contributed by atoms with Crippen molar-refractivity contribution in [1.82, 2.24) is 65.1 Å². The number of rotatable bonds is 35. The molecule has 2 aliphatic heterocycles. The normalized spacial score (nSPS) is 15.8. The fourth-order valence-electron chi connectivity index (χ4n) is 16.4. The number of unbranched alkanes of at least 4 members (excludes halogenated alkanes) is 4. The summed E-state index contributed by atoms with van der Waals surface area (Å²) >= 11 is 3.16. The Bertz CT molecular complexity index is 5940. The number of hydrogen-bond donors (Lipinski definition) is 5. The van der Waals surface area contributed by atoms with E-state index >= 15 is 0 Å². The average molecular weight is 1850 g/mol. The maximum Gasteiger partial charge on any atom is 0.329 e. The van der Waals surface area contributed by atoms with Crippen molar-refractivity contribution >= 4 is 115 Å². The van der Waals surface area contributed by atoms with E-state index in [-0.39, 0.29) is 69.0 Å². The van der Waals surface area contributed by atoms with Gasteiger partial charge in [0.15, 0.2) is 11.2 Å².